The summed E-state index contributed by atoms with van der Waals surface area (Å²) >= 11 is 0. The molecule has 1 fully saturated rings. The van der Waals surface area contributed by atoms with E-state index in [0.717, 1.165) is 12.0 Å². The van der Waals surface area contributed by atoms with Gasteiger partial charge in [0.1, 0.15) is 5.75 Å². The minimum Gasteiger partial charge on any atom is -0.493 e. The molecule has 1 saturated heterocycles. The first kappa shape index (κ1) is 23.0. The van der Waals surface area contributed by atoms with Gasteiger partial charge in [-0.15, -0.1) is 0 Å². The molecule has 0 radical (unpaired) electrons. The molecule has 1 unspecified atom stereocenters. The van der Waals surface area contributed by atoms with E-state index in [9.17, 15) is 14.4 Å². The molecule has 0 aromatic heterocycles. The minimum atomic E-state index is -0.510. The number of hydrogen-bond donors (Lipinski definition) is 2. The van der Waals surface area contributed by atoms with Crippen LogP contribution in [0.25, 0.3) is 0 Å². The standard InChI is InChI=1S/C27H27N3O4/c31-25-17-23(19-30(25)18-21-10-5-2-6-11-21)27(33)29-28-26(32)22-12-7-13-24(16-22)34-15-14-20-8-3-1-4-9-20/h1-13,16,23H,14-15,17-19H2,(H,28,32)(H,29,33). The summed E-state index contributed by atoms with van der Waals surface area (Å²) in [4.78, 5) is 39.0. The van der Waals surface area contributed by atoms with Crippen LogP contribution in [-0.4, -0.2) is 35.8 Å². The molecule has 0 spiro atoms. The fourth-order valence-electron chi connectivity index (χ4n) is 3.86. The maximum Gasteiger partial charge on any atom is 0.269 e. The second-order valence-electron chi connectivity index (χ2n) is 8.22. The summed E-state index contributed by atoms with van der Waals surface area (Å²) in [6.45, 7) is 1.27. The lowest BCUT2D eigenvalue weighted by molar-refractivity contribution is -0.129. The topological polar surface area (TPSA) is 87.7 Å². The maximum absolute atomic E-state index is 12.5. The van der Waals surface area contributed by atoms with Gasteiger partial charge in [0.2, 0.25) is 11.8 Å². The molecule has 2 N–H and O–H groups in total. The van der Waals surface area contributed by atoms with E-state index in [0.29, 0.717) is 31.0 Å². The van der Waals surface area contributed by atoms with Crippen LogP contribution in [0, 0.1) is 5.92 Å². The Morgan fingerprint density at radius 1 is 0.882 bits per heavy atom. The van der Waals surface area contributed by atoms with Crippen molar-refractivity contribution in [1.82, 2.24) is 15.8 Å². The van der Waals surface area contributed by atoms with Gasteiger partial charge in [0.15, 0.2) is 0 Å². The largest absolute Gasteiger partial charge is 0.493 e. The van der Waals surface area contributed by atoms with Crippen molar-refractivity contribution in [3.8, 4) is 5.75 Å². The van der Waals surface area contributed by atoms with Gasteiger partial charge in [-0.2, -0.15) is 0 Å². The zero-order valence-electron chi connectivity index (χ0n) is 18.8. The predicted octanol–water partition coefficient (Wildman–Crippen LogP) is 3.12. The zero-order chi connectivity index (χ0) is 23.8. The molecule has 174 valence electrons. The third kappa shape index (κ3) is 6.22. The van der Waals surface area contributed by atoms with Gasteiger partial charge in [-0.05, 0) is 29.3 Å². The third-order valence-electron chi connectivity index (χ3n) is 5.70. The lowest BCUT2D eigenvalue weighted by Gasteiger charge is -2.17. The fourth-order valence-corrected chi connectivity index (χ4v) is 3.86. The van der Waals surface area contributed by atoms with E-state index in [2.05, 4.69) is 10.9 Å². The summed E-state index contributed by atoms with van der Waals surface area (Å²) in [7, 11) is 0. The average molecular weight is 458 g/mol. The Morgan fingerprint density at radius 3 is 2.32 bits per heavy atom. The zero-order valence-corrected chi connectivity index (χ0v) is 18.8. The number of hydrazine groups is 1. The van der Waals surface area contributed by atoms with Gasteiger partial charge < -0.3 is 9.64 Å². The summed E-state index contributed by atoms with van der Waals surface area (Å²) in [5, 5.41) is 0. The number of amides is 3. The first-order valence-corrected chi connectivity index (χ1v) is 11.3. The molecule has 1 aliphatic heterocycles. The Morgan fingerprint density at radius 2 is 1.59 bits per heavy atom. The van der Waals surface area contributed by atoms with Crippen molar-refractivity contribution in [2.45, 2.75) is 19.4 Å². The molecule has 0 aliphatic carbocycles. The Labute approximate surface area is 198 Å². The van der Waals surface area contributed by atoms with Crippen molar-refractivity contribution >= 4 is 17.7 Å². The van der Waals surface area contributed by atoms with Crippen LogP contribution < -0.4 is 15.6 Å². The molecule has 1 aliphatic rings. The third-order valence-corrected chi connectivity index (χ3v) is 5.70. The van der Waals surface area contributed by atoms with E-state index >= 15 is 0 Å². The van der Waals surface area contributed by atoms with Crippen molar-refractivity contribution in [3.05, 3.63) is 102 Å². The minimum absolute atomic E-state index is 0.0734. The summed E-state index contributed by atoms with van der Waals surface area (Å²) in [5.74, 6) is -0.840. The fraction of sp³-hybridized carbons (Fsp3) is 0.222. The highest BCUT2D eigenvalue weighted by molar-refractivity contribution is 5.96. The van der Waals surface area contributed by atoms with Crippen LogP contribution in [0.5, 0.6) is 5.75 Å². The number of nitrogens with one attached hydrogen (secondary N) is 2. The lowest BCUT2D eigenvalue weighted by atomic mass is 10.1. The normalized spacial score (nSPS) is 15.1. The predicted molar refractivity (Wildman–Crippen MR) is 128 cm³/mol. The van der Waals surface area contributed by atoms with E-state index in [4.69, 9.17) is 4.74 Å². The smallest absolute Gasteiger partial charge is 0.269 e. The number of benzene rings is 3. The quantitative estimate of drug-likeness (QED) is 0.509. The number of nitrogens with zero attached hydrogens (tertiary/aromatic N) is 1. The number of rotatable bonds is 8. The maximum atomic E-state index is 12.5. The summed E-state index contributed by atoms with van der Waals surface area (Å²) in [5.41, 5.74) is 7.44. The highest BCUT2D eigenvalue weighted by Crippen LogP contribution is 2.20. The number of carbonyl (C=O) groups excluding carboxylic acids is 3. The summed E-state index contributed by atoms with van der Waals surface area (Å²) < 4.78 is 5.77. The average Bonchev–Trinajstić information content (AvgIpc) is 3.24. The monoisotopic (exact) mass is 457 g/mol. The van der Waals surface area contributed by atoms with Gasteiger partial charge in [0.25, 0.3) is 5.91 Å². The molecular formula is C27H27N3O4. The Hall–Kier alpha value is -4.13. The van der Waals surface area contributed by atoms with Gasteiger partial charge in [-0.25, -0.2) is 0 Å². The van der Waals surface area contributed by atoms with Gasteiger partial charge in [-0.1, -0.05) is 66.7 Å². The van der Waals surface area contributed by atoms with E-state index in [1.165, 1.54) is 5.56 Å². The van der Waals surface area contributed by atoms with E-state index in [1.807, 2.05) is 60.7 Å². The second-order valence-corrected chi connectivity index (χ2v) is 8.22. The van der Waals surface area contributed by atoms with Crippen molar-refractivity contribution in [3.63, 3.8) is 0 Å². The Kier molecular flexibility index (Phi) is 7.55. The molecule has 3 aromatic carbocycles. The Balaban J connectivity index is 1.24. The second kappa shape index (κ2) is 11.1. The van der Waals surface area contributed by atoms with Crippen molar-refractivity contribution in [2.24, 2.45) is 5.92 Å². The van der Waals surface area contributed by atoms with Gasteiger partial charge in [0.05, 0.1) is 12.5 Å². The number of carbonyl (C=O) groups is 3. The van der Waals surface area contributed by atoms with Crippen molar-refractivity contribution < 1.29 is 19.1 Å². The molecule has 3 amide bonds. The van der Waals surface area contributed by atoms with Crippen LogP contribution in [0.3, 0.4) is 0 Å². The lowest BCUT2D eigenvalue weighted by Crippen LogP contribution is -2.45. The first-order chi connectivity index (χ1) is 16.6. The summed E-state index contributed by atoms with van der Waals surface area (Å²) in [6.07, 6.45) is 0.883. The van der Waals surface area contributed by atoms with Crippen LogP contribution in [0.15, 0.2) is 84.9 Å². The van der Waals surface area contributed by atoms with Crippen LogP contribution in [-0.2, 0) is 22.6 Å². The molecule has 7 heteroatoms. The van der Waals surface area contributed by atoms with Crippen molar-refractivity contribution in [1.29, 1.82) is 0 Å². The van der Waals surface area contributed by atoms with Crippen LogP contribution >= 0.6 is 0 Å². The van der Waals surface area contributed by atoms with Crippen LogP contribution in [0.1, 0.15) is 27.9 Å². The summed E-state index contributed by atoms with van der Waals surface area (Å²) in [6, 6.07) is 26.4. The highest BCUT2D eigenvalue weighted by Gasteiger charge is 2.34. The SMILES string of the molecule is O=C(NNC(=O)C1CC(=O)N(Cc2ccccc2)C1)c1cccc(OCCc2ccccc2)c1. The molecule has 1 atom stereocenters. The van der Waals surface area contributed by atoms with E-state index in [1.54, 1.807) is 29.2 Å². The number of likely N-dealkylation sites (tertiary alicyclic amines) is 1. The molecule has 4 rings (SSSR count). The first-order valence-electron chi connectivity index (χ1n) is 11.3. The number of hydrogen-bond acceptors (Lipinski definition) is 4. The molecule has 1 heterocycles. The van der Waals surface area contributed by atoms with Gasteiger partial charge >= 0.3 is 0 Å². The molecule has 3 aromatic rings. The molecule has 0 bridgehead atoms. The molecule has 7 nitrogen and oxygen atoms in total. The van der Waals surface area contributed by atoms with Crippen molar-refractivity contribution in [2.75, 3.05) is 13.2 Å². The Bertz CT molecular complexity index is 1130. The number of ether oxygens (including phenoxy) is 1. The molecule has 0 saturated carbocycles. The van der Waals surface area contributed by atoms with Gasteiger partial charge in [-0.3, -0.25) is 25.2 Å². The van der Waals surface area contributed by atoms with Crippen LogP contribution in [0.2, 0.25) is 0 Å². The van der Waals surface area contributed by atoms with E-state index in [-0.39, 0.29) is 18.2 Å². The van der Waals surface area contributed by atoms with E-state index < -0.39 is 11.8 Å². The molecular weight excluding hydrogens is 430 g/mol. The van der Waals surface area contributed by atoms with Gasteiger partial charge in [0, 0.05) is 31.5 Å². The van der Waals surface area contributed by atoms with Crippen LogP contribution in [0.4, 0.5) is 0 Å². The molecule has 34 heavy (non-hydrogen) atoms. The highest BCUT2D eigenvalue weighted by atomic mass is 16.5.